The Hall–Kier alpha value is -3.58. The number of hydrogen-bond donors (Lipinski definition) is 2. The molecule has 0 fully saturated rings. The number of ether oxygens (including phenoxy) is 1. The van der Waals surface area contributed by atoms with Crippen molar-refractivity contribution in [2.75, 3.05) is 11.9 Å². The van der Waals surface area contributed by atoms with Gasteiger partial charge in [0.15, 0.2) is 0 Å². The maximum atomic E-state index is 13.0. The number of carbonyl (C=O) groups excluding carboxylic acids is 3. The van der Waals surface area contributed by atoms with Crippen LogP contribution in [0.5, 0.6) is 0 Å². The molecule has 0 saturated carbocycles. The molecule has 174 valence electrons. The molecule has 0 bridgehead atoms. The van der Waals surface area contributed by atoms with Crippen molar-refractivity contribution in [3.05, 3.63) is 95.6 Å². The van der Waals surface area contributed by atoms with E-state index < -0.39 is 17.3 Å². The summed E-state index contributed by atoms with van der Waals surface area (Å²) in [6.45, 7) is 2.36. The Morgan fingerprint density at radius 3 is 2.47 bits per heavy atom. The van der Waals surface area contributed by atoms with Gasteiger partial charge in [-0.05, 0) is 31.0 Å². The molecule has 0 saturated heterocycles. The van der Waals surface area contributed by atoms with Gasteiger partial charge in [0.1, 0.15) is 0 Å². The normalized spacial score (nSPS) is 15.6. The van der Waals surface area contributed by atoms with Crippen LogP contribution in [0, 0.1) is 6.92 Å². The molecular weight excluding hydrogens is 448 g/mol. The van der Waals surface area contributed by atoms with E-state index in [-0.39, 0.29) is 18.2 Å². The molecular formula is C27H26N2O4S. The summed E-state index contributed by atoms with van der Waals surface area (Å²) in [6.07, 6.45) is -0.558. The van der Waals surface area contributed by atoms with E-state index in [2.05, 4.69) is 10.6 Å². The van der Waals surface area contributed by atoms with Crippen LogP contribution >= 0.6 is 11.8 Å². The topological polar surface area (TPSA) is 84.5 Å². The third-order valence-corrected chi connectivity index (χ3v) is 6.76. The van der Waals surface area contributed by atoms with Crippen LogP contribution in [0.25, 0.3) is 0 Å². The summed E-state index contributed by atoms with van der Waals surface area (Å²) in [7, 11) is 0. The molecule has 0 unspecified atom stereocenters. The lowest BCUT2D eigenvalue weighted by Crippen LogP contribution is -2.35. The van der Waals surface area contributed by atoms with Gasteiger partial charge in [0.2, 0.25) is 12.0 Å². The number of para-hydroxylation sites is 1. The van der Waals surface area contributed by atoms with Crippen LogP contribution in [0.2, 0.25) is 0 Å². The molecule has 0 radical (unpaired) electrons. The second-order valence-corrected chi connectivity index (χ2v) is 9.35. The number of hydrogen-bond acceptors (Lipinski definition) is 5. The molecule has 34 heavy (non-hydrogen) atoms. The first kappa shape index (κ1) is 23.6. The summed E-state index contributed by atoms with van der Waals surface area (Å²) in [5, 5.41) is 5.08. The van der Waals surface area contributed by atoms with E-state index in [1.807, 2.05) is 73.7 Å². The zero-order valence-corrected chi connectivity index (χ0v) is 19.6. The van der Waals surface area contributed by atoms with Gasteiger partial charge >= 0.3 is 5.97 Å². The first-order valence-electron chi connectivity index (χ1n) is 11.1. The summed E-state index contributed by atoms with van der Waals surface area (Å²) >= 11 is 1.32. The number of benzene rings is 3. The van der Waals surface area contributed by atoms with Crippen molar-refractivity contribution in [1.82, 2.24) is 5.32 Å². The number of esters is 1. The lowest BCUT2D eigenvalue weighted by Gasteiger charge is -2.24. The van der Waals surface area contributed by atoms with Crippen molar-refractivity contribution < 1.29 is 19.1 Å². The van der Waals surface area contributed by atoms with Crippen molar-refractivity contribution in [1.29, 1.82) is 0 Å². The molecule has 3 aromatic carbocycles. The SMILES string of the molecule is Cc1ccc([C@H](OC(=O)C[C@@H]2Sc3ccccc3NC2=O)C(=O)NCCc2ccccc2)cc1. The molecule has 6 nitrogen and oxygen atoms in total. The second-order valence-electron chi connectivity index (χ2n) is 8.10. The van der Waals surface area contributed by atoms with Gasteiger partial charge in [-0.25, -0.2) is 0 Å². The fraction of sp³-hybridized carbons (Fsp3) is 0.222. The maximum absolute atomic E-state index is 13.0. The maximum Gasteiger partial charge on any atom is 0.308 e. The smallest absolute Gasteiger partial charge is 0.308 e. The summed E-state index contributed by atoms with van der Waals surface area (Å²) < 4.78 is 5.64. The quantitative estimate of drug-likeness (QED) is 0.472. The Labute approximate surface area is 203 Å². The fourth-order valence-electron chi connectivity index (χ4n) is 3.64. The third-order valence-electron chi connectivity index (χ3n) is 5.48. The van der Waals surface area contributed by atoms with E-state index in [1.165, 1.54) is 11.8 Å². The van der Waals surface area contributed by atoms with Gasteiger partial charge in [-0.2, -0.15) is 0 Å². The minimum Gasteiger partial charge on any atom is -0.447 e. The standard InChI is InChI=1S/C27H26N2O4S/c1-18-11-13-20(14-12-18)25(27(32)28-16-15-19-7-3-2-4-8-19)33-24(30)17-23-26(31)29-21-9-5-6-10-22(21)34-23/h2-14,23,25H,15-17H2,1H3,(H,28,32)(H,29,31)/t23-,25-/m0/s1. The van der Waals surface area contributed by atoms with Crippen molar-refractivity contribution in [2.24, 2.45) is 0 Å². The minimum absolute atomic E-state index is 0.134. The molecule has 4 rings (SSSR count). The van der Waals surface area contributed by atoms with Crippen LogP contribution in [0.4, 0.5) is 5.69 Å². The van der Waals surface area contributed by atoms with Gasteiger partial charge < -0.3 is 15.4 Å². The van der Waals surface area contributed by atoms with E-state index >= 15 is 0 Å². The molecule has 1 heterocycles. The van der Waals surface area contributed by atoms with Gasteiger partial charge in [0.25, 0.3) is 5.91 Å². The van der Waals surface area contributed by atoms with Gasteiger partial charge in [-0.3, -0.25) is 14.4 Å². The first-order chi connectivity index (χ1) is 16.5. The Morgan fingerprint density at radius 2 is 1.71 bits per heavy atom. The lowest BCUT2D eigenvalue weighted by atomic mass is 10.1. The van der Waals surface area contributed by atoms with E-state index in [0.717, 1.165) is 21.7 Å². The lowest BCUT2D eigenvalue weighted by molar-refractivity contribution is -0.156. The highest BCUT2D eigenvalue weighted by Gasteiger charge is 2.32. The van der Waals surface area contributed by atoms with Crippen LogP contribution in [-0.4, -0.2) is 29.6 Å². The van der Waals surface area contributed by atoms with Gasteiger partial charge in [-0.15, -0.1) is 11.8 Å². The largest absolute Gasteiger partial charge is 0.447 e. The highest BCUT2D eigenvalue weighted by molar-refractivity contribution is 8.01. The molecule has 0 aromatic heterocycles. The number of aryl methyl sites for hydroxylation is 1. The third kappa shape index (κ3) is 6.05. The molecule has 0 aliphatic carbocycles. The highest BCUT2D eigenvalue weighted by Crippen LogP contribution is 2.37. The second kappa shape index (κ2) is 11.0. The molecule has 7 heteroatoms. The number of rotatable bonds is 8. The van der Waals surface area contributed by atoms with E-state index in [1.54, 1.807) is 12.1 Å². The average Bonchev–Trinajstić information content (AvgIpc) is 2.84. The Balaban J connectivity index is 1.41. The van der Waals surface area contributed by atoms with Crippen molar-refractivity contribution in [3.63, 3.8) is 0 Å². The molecule has 2 atom stereocenters. The van der Waals surface area contributed by atoms with Gasteiger partial charge in [-0.1, -0.05) is 72.3 Å². The number of fused-ring (bicyclic) bond motifs is 1. The van der Waals surface area contributed by atoms with Crippen LogP contribution in [0.1, 0.15) is 29.2 Å². The molecule has 3 aromatic rings. The van der Waals surface area contributed by atoms with Gasteiger partial charge in [0, 0.05) is 17.0 Å². The fourth-order valence-corrected chi connectivity index (χ4v) is 4.73. The van der Waals surface area contributed by atoms with E-state index in [4.69, 9.17) is 4.74 Å². The highest BCUT2D eigenvalue weighted by atomic mass is 32.2. The predicted molar refractivity (Wildman–Crippen MR) is 133 cm³/mol. The first-order valence-corrected chi connectivity index (χ1v) is 12.0. The van der Waals surface area contributed by atoms with Crippen molar-refractivity contribution >= 4 is 35.2 Å². The number of nitrogens with one attached hydrogen (secondary N) is 2. The molecule has 1 aliphatic rings. The van der Waals surface area contributed by atoms with Crippen molar-refractivity contribution in [2.45, 2.75) is 36.0 Å². The minimum atomic E-state index is -1.09. The molecule has 2 amide bonds. The molecule has 1 aliphatic heterocycles. The number of carbonyl (C=O) groups is 3. The van der Waals surface area contributed by atoms with Crippen LogP contribution in [0.15, 0.2) is 83.8 Å². The van der Waals surface area contributed by atoms with Crippen LogP contribution in [0.3, 0.4) is 0 Å². The summed E-state index contributed by atoms with van der Waals surface area (Å²) in [4.78, 5) is 39.2. The summed E-state index contributed by atoms with van der Waals surface area (Å²) in [6, 6.07) is 24.6. The number of thioether (sulfide) groups is 1. The summed E-state index contributed by atoms with van der Waals surface area (Å²) in [5.74, 6) is -1.24. The van der Waals surface area contributed by atoms with Crippen molar-refractivity contribution in [3.8, 4) is 0 Å². The number of amides is 2. The van der Waals surface area contributed by atoms with Crippen LogP contribution in [-0.2, 0) is 25.5 Å². The van der Waals surface area contributed by atoms with E-state index in [0.29, 0.717) is 18.5 Å². The zero-order chi connectivity index (χ0) is 23.9. The number of anilines is 1. The molecule has 2 N–H and O–H groups in total. The Bertz CT molecular complexity index is 1160. The molecule has 0 spiro atoms. The zero-order valence-electron chi connectivity index (χ0n) is 18.8. The van der Waals surface area contributed by atoms with E-state index in [9.17, 15) is 14.4 Å². The monoisotopic (exact) mass is 474 g/mol. The van der Waals surface area contributed by atoms with Gasteiger partial charge in [0.05, 0.1) is 17.4 Å². The summed E-state index contributed by atoms with van der Waals surface area (Å²) in [5.41, 5.74) is 3.46. The Morgan fingerprint density at radius 1 is 1.00 bits per heavy atom. The average molecular weight is 475 g/mol. The predicted octanol–water partition coefficient (Wildman–Crippen LogP) is 4.44. The Kier molecular flexibility index (Phi) is 7.65. The van der Waals surface area contributed by atoms with Crippen LogP contribution < -0.4 is 10.6 Å².